The maximum absolute atomic E-state index is 14.7. The standard InChI is InChI=1S/C56H71N9O23S/c1-4-5-6-17-86-32-14-11-28(12-15-32)39-21-33(63-87-39)27-7-9-29(10-8-27)49(75)58-34-20-38(70)52(78)62-54(80)45-46(72)25(2)23-65(45)56(82)43(37(69)22-41(57)71)60-53(79)44(48(74)47(73)30-13-16-36(68)40(18-30)88-89(83,84)85)61-51(77)35-19-31(67)24-64(35)55(81)42(26(3)66)59-50(34)76/h7-16,18,21,25-26,31,34-35,37-38,42-48,52,66-70,72-74,78H,4-6,17,19-20,22-24H2,1-3H3,(H2,57,71)(H,58,75)(H,59,76)(H,60,79)(H,61,77)(H,62,80)(H,83,84,85)/t25-,26+,31+,34-,35?,37+,38+,42?,43?,44?,45?,46-,47-,48-,52+/m0/s1. The first-order chi connectivity index (χ1) is 42.0. The fraction of sp³-hybridized carbons (Fsp3) is 0.482. The summed E-state index contributed by atoms with van der Waals surface area (Å²) in [4.78, 5) is 115. The summed E-state index contributed by atoms with van der Waals surface area (Å²) in [6, 6.07) is 3.52. The van der Waals surface area contributed by atoms with Crippen molar-refractivity contribution < 1.29 is 111 Å². The van der Waals surface area contributed by atoms with Crippen molar-refractivity contribution >= 4 is 57.7 Å². The average Bonchev–Trinajstić information content (AvgIpc) is 2.76. The van der Waals surface area contributed by atoms with Crippen LogP contribution >= 0.6 is 0 Å². The molecular weight excluding hydrogens is 1200 g/mol. The fourth-order valence-electron chi connectivity index (χ4n) is 10.3. The first-order valence-electron chi connectivity index (χ1n) is 28.1. The molecule has 3 aromatic carbocycles. The molecule has 0 radical (unpaired) electrons. The highest BCUT2D eigenvalue weighted by Crippen LogP contribution is 2.34. The first-order valence-corrected chi connectivity index (χ1v) is 29.5. The van der Waals surface area contributed by atoms with Gasteiger partial charge in [0.1, 0.15) is 66.0 Å². The molecule has 7 rings (SSSR count). The number of nitrogens with zero attached hydrogens (tertiary/aromatic N) is 3. The summed E-state index contributed by atoms with van der Waals surface area (Å²) in [7, 11) is -5.35. The van der Waals surface area contributed by atoms with Crippen LogP contribution in [0.2, 0.25) is 0 Å². The smallest absolute Gasteiger partial charge is 0.446 e. The van der Waals surface area contributed by atoms with Crippen molar-refractivity contribution in [2.45, 2.75) is 145 Å². The van der Waals surface area contributed by atoms with E-state index in [9.17, 15) is 97.3 Å². The molecule has 3 saturated heterocycles. The number of aromatic nitrogens is 1. The van der Waals surface area contributed by atoms with Crippen LogP contribution in [0.4, 0.5) is 0 Å². The normalized spacial score (nSPS) is 26.4. The van der Waals surface area contributed by atoms with Crippen LogP contribution in [-0.4, -0.2) is 220 Å². The number of primary amides is 1. The van der Waals surface area contributed by atoms with Crippen molar-refractivity contribution in [2.24, 2.45) is 11.7 Å². The Bertz CT molecular complexity index is 3340. The highest BCUT2D eigenvalue weighted by molar-refractivity contribution is 7.81. The molecule has 89 heavy (non-hydrogen) atoms. The van der Waals surface area contributed by atoms with E-state index in [-0.39, 0.29) is 5.56 Å². The molecule has 3 fully saturated rings. The van der Waals surface area contributed by atoms with Crippen molar-refractivity contribution in [3.05, 3.63) is 83.9 Å². The quantitative estimate of drug-likeness (QED) is 0.0334. The van der Waals surface area contributed by atoms with Crippen LogP contribution in [0.25, 0.3) is 22.6 Å². The summed E-state index contributed by atoms with van der Waals surface area (Å²) in [5, 5.41) is 116. The number of rotatable bonds is 18. The van der Waals surface area contributed by atoms with Crippen LogP contribution in [-0.2, 0) is 44.0 Å². The number of ether oxygens (including phenoxy) is 1. The average molecular weight is 1270 g/mol. The molecular formula is C56H71N9O23S. The number of phenolic OH excluding ortho intramolecular Hbond substituents is 1. The predicted molar refractivity (Wildman–Crippen MR) is 304 cm³/mol. The molecule has 0 saturated carbocycles. The SMILES string of the molecule is CCCCCOc1ccc(-c2cc(-c3ccc(C(=O)N[C@H]4C[C@@H](O)[C@@H](O)NC(=O)C5[C@@H](O)[C@@H](C)CN5C(=O)C([C@H](O)CC(N)=O)NC(=O)C([C@H](O)[C@@H](O)c5ccc(O)c(OS(=O)(=O)O)c5)NC(=O)C5C[C@@H](O)CN5C(=O)C([C@@H](C)O)NC4=O)cc3)no2)cc1. The zero-order valence-corrected chi connectivity index (χ0v) is 48.9. The second-order valence-electron chi connectivity index (χ2n) is 21.9. The van der Waals surface area contributed by atoms with E-state index in [4.69, 9.17) is 15.0 Å². The maximum atomic E-state index is 14.7. The number of aliphatic hydroxyl groups is 8. The maximum Gasteiger partial charge on any atom is 0.446 e. The first kappa shape index (κ1) is 68.1. The van der Waals surface area contributed by atoms with E-state index >= 15 is 0 Å². The summed E-state index contributed by atoms with van der Waals surface area (Å²) in [5.74, 6) is -12.9. The number of fused-ring (bicyclic) bond motifs is 2. The van der Waals surface area contributed by atoms with E-state index in [1.807, 2.05) is 10.6 Å². The van der Waals surface area contributed by atoms with E-state index in [1.165, 1.54) is 31.2 Å². The van der Waals surface area contributed by atoms with Gasteiger partial charge in [0.15, 0.2) is 23.5 Å². The van der Waals surface area contributed by atoms with Crippen molar-refractivity contribution in [3.63, 3.8) is 0 Å². The minimum absolute atomic E-state index is 0.107. The highest BCUT2D eigenvalue weighted by atomic mass is 32.3. The Morgan fingerprint density at radius 2 is 1.43 bits per heavy atom. The number of carbonyl (C=O) groups excluding carboxylic acids is 8. The zero-order valence-electron chi connectivity index (χ0n) is 48.1. The third kappa shape index (κ3) is 16.9. The molecule has 0 aliphatic carbocycles. The molecule has 17 N–H and O–H groups in total. The number of nitrogens with two attached hydrogens (primary N) is 1. The van der Waals surface area contributed by atoms with E-state index in [0.717, 1.165) is 32.3 Å². The number of amides is 8. The van der Waals surface area contributed by atoms with Gasteiger partial charge < -0.3 is 102 Å². The number of hydrogen-bond acceptors (Lipinski definition) is 23. The molecule has 1 aromatic heterocycles. The number of aliphatic hydroxyl groups excluding tert-OH is 8. The van der Waals surface area contributed by atoms with Crippen LogP contribution in [0, 0.1) is 5.92 Å². The van der Waals surface area contributed by atoms with Gasteiger partial charge in [-0.1, -0.05) is 50.0 Å². The summed E-state index contributed by atoms with van der Waals surface area (Å²) >= 11 is 0. The zero-order chi connectivity index (χ0) is 65.3. The summed E-state index contributed by atoms with van der Waals surface area (Å²) < 4.78 is 48.1. The van der Waals surface area contributed by atoms with Gasteiger partial charge in [0, 0.05) is 54.6 Å². The van der Waals surface area contributed by atoms with Gasteiger partial charge in [-0.15, -0.1) is 0 Å². The molecule has 33 heteroatoms. The van der Waals surface area contributed by atoms with Crippen molar-refractivity contribution in [1.29, 1.82) is 0 Å². The second-order valence-corrected chi connectivity index (χ2v) is 22.9. The van der Waals surface area contributed by atoms with Gasteiger partial charge >= 0.3 is 10.4 Å². The molecule has 3 aliphatic heterocycles. The number of hydrogen-bond donors (Lipinski definition) is 16. The van der Waals surface area contributed by atoms with E-state index in [1.54, 1.807) is 30.3 Å². The van der Waals surface area contributed by atoms with Crippen molar-refractivity contribution in [2.75, 3.05) is 19.7 Å². The number of carbonyl (C=O) groups is 8. The molecule has 3 aliphatic rings. The molecule has 5 unspecified atom stereocenters. The second kappa shape index (κ2) is 29.3. The van der Waals surface area contributed by atoms with Crippen molar-refractivity contribution in [3.8, 4) is 39.8 Å². The van der Waals surface area contributed by atoms with Gasteiger partial charge in [-0.2, -0.15) is 8.42 Å². The molecule has 484 valence electrons. The Hall–Kier alpha value is -8.38. The molecule has 32 nitrogen and oxygen atoms in total. The van der Waals surface area contributed by atoms with E-state index in [2.05, 4.69) is 32.2 Å². The highest BCUT2D eigenvalue weighted by Gasteiger charge is 2.51. The lowest BCUT2D eigenvalue weighted by Crippen LogP contribution is -2.64. The van der Waals surface area contributed by atoms with Crippen LogP contribution in [0.3, 0.4) is 0 Å². The van der Waals surface area contributed by atoms with Gasteiger partial charge in [-0.25, -0.2) is 0 Å². The topological polar surface area (TPSA) is 510 Å². The Balaban J connectivity index is 1.22. The third-order valence-electron chi connectivity index (χ3n) is 15.2. The van der Waals surface area contributed by atoms with Gasteiger partial charge in [-0.3, -0.25) is 42.9 Å². The van der Waals surface area contributed by atoms with Gasteiger partial charge in [0.25, 0.3) is 5.91 Å². The van der Waals surface area contributed by atoms with Crippen LogP contribution in [0.15, 0.2) is 77.3 Å². The Labute approximate surface area is 507 Å². The largest absolute Gasteiger partial charge is 0.504 e. The lowest BCUT2D eigenvalue weighted by Gasteiger charge is -2.34. The number of aromatic hydroxyl groups is 1. The van der Waals surface area contributed by atoms with Crippen LogP contribution < -0.4 is 41.2 Å². The Morgan fingerprint density at radius 1 is 0.787 bits per heavy atom. The molecule has 4 heterocycles. The van der Waals surface area contributed by atoms with Gasteiger partial charge in [0.05, 0.1) is 37.4 Å². The Morgan fingerprint density at radius 3 is 2.07 bits per heavy atom. The van der Waals surface area contributed by atoms with E-state index in [0.29, 0.717) is 56.9 Å². The number of nitrogens with one attached hydrogen (secondary N) is 5. The minimum Gasteiger partial charge on any atom is -0.504 e. The molecule has 0 spiro atoms. The molecule has 4 aromatic rings. The summed E-state index contributed by atoms with van der Waals surface area (Å²) in [5.41, 5.74) is 6.17. The Kier molecular flexibility index (Phi) is 22.4. The number of benzene rings is 3. The molecule has 0 bridgehead atoms. The lowest BCUT2D eigenvalue weighted by atomic mass is 9.96. The minimum atomic E-state index is -5.35. The monoisotopic (exact) mass is 1270 g/mol. The fourth-order valence-corrected chi connectivity index (χ4v) is 10.7. The lowest BCUT2D eigenvalue weighted by molar-refractivity contribution is -0.149. The number of unbranched alkanes of at least 4 members (excludes halogenated alkanes) is 2. The van der Waals surface area contributed by atoms with E-state index < -0.39 is 198 Å². The number of phenols is 1. The predicted octanol–water partition coefficient (Wildman–Crippen LogP) is -3.90. The van der Waals surface area contributed by atoms with Crippen LogP contribution in [0.1, 0.15) is 81.3 Å². The summed E-state index contributed by atoms with van der Waals surface area (Å²) in [6.07, 6.45) is -17.3. The van der Waals surface area contributed by atoms with Gasteiger partial charge in [0.2, 0.25) is 41.4 Å². The van der Waals surface area contributed by atoms with Crippen LogP contribution in [0.5, 0.6) is 17.2 Å². The van der Waals surface area contributed by atoms with Crippen molar-refractivity contribution in [1.82, 2.24) is 41.5 Å². The summed E-state index contributed by atoms with van der Waals surface area (Å²) in [6.45, 7) is 3.74. The molecule has 15 atom stereocenters. The third-order valence-corrected chi connectivity index (χ3v) is 15.6. The van der Waals surface area contributed by atoms with Gasteiger partial charge in [-0.05, 0) is 67.4 Å². The molecule has 8 amide bonds.